The highest BCUT2D eigenvalue weighted by molar-refractivity contribution is 5.69. The van der Waals surface area contributed by atoms with Crippen molar-refractivity contribution in [2.24, 2.45) is 0 Å². The molecule has 0 aliphatic carbocycles. The third-order valence-electron chi connectivity index (χ3n) is 4.74. The number of carbonyl (C=O) groups excluding carboxylic acids is 1. The van der Waals surface area contributed by atoms with Crippen LogP contribution in [-0.2, 0) is 16.0 Å². The number of aromatic nitrogens is 5. The number of hydrogen-bond donors (Lipinski definition) is 2. The molecule has 0 aliphatic heterocycles. The van der Waals surface area contributed by atoms with Gasteiger partial charge in [0.15, 0.2) is 5.82 Å². The van der Waals surface area contributed by atoms with E-state index in [0.717, 1.165) is 16.9 Å². The van der Waals surface area contributed by atoms with Crippen LogP contribution in [0.5, 0.6) is 0 Å². The van der Waals surface area contributed by atoms with E-state index >= 15 is 0 Å². The molecular formula is C24H23N7O2. The maximum atomic E-state index is 11.3. The first-order valence-electron chi connectivity index (χ1n) is 10.4. The Morgan fingerprint density at radius 2 is 1.64 bits per heavy atom. The molecule has 1 aromatic carbocycles. The number of ether oxygens (including phenoxy) is 1. The number of anilines is 4. The molecule has 0 saturated heterocycles. The quantitative estimate of drug-likeness (QED) is 0.388. The number of carbonyl (C=O) groups is 1. The van der Waals surface area contributed by atoms with Crippen molar-refractivity contribution in [3.63, 3.8) is 0 Å². The third-order valence-corrected chi connectivity index (χ3v) is 4.74. The third kappa shape index (κ3) is 6.07. The normalized spacial score (nSPS) is 10.5. The van der Waals surface area contributed by atoms with Crippen LogP contribution >= 0.6 is 0 Å². The number of benzene rings is 1. The van der Waals surface area contributed by atoms with Crippen LogP contribution in [0.1, 0.15) is 17.7 Å². The first-order chi connectivity index (χ1) is 16.1. The van der Waals surface area contributed by atoms with Gasteiger partial charge in [-0.15, -0.1) is 0 Å². The molecule has 0 saturated carbocycles. The zero-order valence-corrected chi connectivity index (χ0v) is 18.3. The summed E-state index contributed by atoms with van der Waals surface area (Å²) in [5, 5.41) is 6.36. The summed E-state index contributed by atoms with van der Waals surface area (Å²) in [4.78, 5) is 33.4. The molecule has 0 bridgehead atoms. The molecule has 4 aromatic rings. The average molecular weight is 441 g/mol. The van der Waals surface area contributed by atoms with Crippen molar-refractivity contribution < 1.29 is 9.53 Å². The van der Waals surface area contributed by atoms with Crippen LogP contribution < -0.4 is 10.6 Å². The summed E-state index contributed by atoms with van der Waals surface area (Å²) in [6.07, 6.45) is 4.32. The van der Waals surface area contributed by atoms with Crippen LogP contribution in [0.15, 0.2) is 67.0 Å². The van der Waals surface area contributed by atoms with Crippen molar-refractivity contribution in [2.75, 3.05) is 17.7 Å². The van der Waals surface area contributed by atoms with Gasteiger partial charge in [-0.3, -0.25) is 4.79 Å². The summed E-state index contributed by atoms with van der Waals surface area (Å²) in [7, 11) is 1.39. The molecular weight excluding hydrogens is 418 g/mol. The molecule has 0 unspecified atom stereocenters. The molecule has 0 atom stereocenters. The van der Waals surface area contributed by atoms with Crippen molar-refractivity contribution >= 4 is 29.2 Å². The molecule has 0 amide bonds. The fourth-order valence-electron chi connectivity index (χ4n) is 3.07. The minimum absolute atomic E-state index is 0.221. The summed E-state index contributed by atoms with van der Waals surface area (Å²) in [5.74, 6) is 1.94. The Balaban J connectivity index is 1.42. The Hall–Kier alpha value is -4.40. The van der Waals surface area contributed by atoms with Crippen LogP contribution in [0, 0.1) is 6.92 Å². The Labute approximate surface area is 191 Å². The zero-order valence-electron chi connectivity index (χ0n) is 18.3. The topological polar surface area (TPSA) is 115 Å². The van der Waals surface area contributed by atoms with Gasteiger partial charge in [0.1, 0.15) is 17.3 Å². The van der Waals surface area contributed by atoms with Gasteiger partial charge in [0.25, 0.3) is 0 Å². The highest BCUT2D eigenvalue weighted by atomic mass is 16.5. The molecule has 9 nitrogen and oxygen atoms in total. The number of hydrogen-bond acceptors (Lipinski definition) is 9. The summed E-state index contributed by atoms with van der Waals surface area (Å²) in [5.41, 5.74) is 3.49. The number of aryl methyl sites for hydroxylation is 2. The van der Waals surface area contributed by atoms with Crippen LogP contribution in [-0.4, -0.2) is 38.0 Å². The monoisotopic (exact) mass is 441 g/mol. The van der Waals surface area contributed by atoms with Gasteiger partial charge in [-0.05, 0) is 55.3 Å². The maximum absolute atomic E-state index is 11.3. The highest BCUT2D eigenvalue weighted by Gasteiger charge is 2.07. The molecule has 3 heterocycles. The van der Waals surface area contributed by atoms with E-state index in [1.807, 2.05) is 49.4 Å². The van der Waals surface area contributed by atoms with Crippen molar-refractivity contribution in [2.45, 2.75) is 19.8 Å². The lowest BCUT2D eigenvalue weighted by Gasteiger charge is -2.09. The number of esters is 1. The van der Waals surface area contributed by atoms with Gasteiger partial charge in [0.05, 0.1) is 7.11 Å². The molecule has 0 spiro atoms. The van der Waals surface area contributed by atoms with Gasteiger partial charge in [0.2, 0.25) is 5.95 Å². The Bertz CT molecular complexity index is 1250. The Kier molecular flexibility index (Phi) is 6.79. The second kappa shape index (κ2) is 10.3. The fourth-order valence-corrected chi connectivity index (χ4v) is 3.07. The molecule has 33 heavy (non-hydrogen) atoms. The smallest absolute Gasteiger partial charge is 0.305 e. The molecule has 0 radical (unpaired) electrons. The van der Waals surface area contributed by atoms with E-state index in [9.17, 15) is 4.79 Å². The second-order valence-electron chi connectivity index (χ2n) is 7.22. The highest BCUT2D eigenvalue weighted by Crippen LogP contribution is 2.19. The molecule has 0 fully saturated rings. The van der Waals surface area contributed by atoms with Crippen molar-refractivity contribution in [1.82, 2.24) is 24.9 Å². The molecule has 9 heteroatoms. The lowest BCUT2D eigenvalue weighted by Crippen LogP contribution is -2.03. The van der Waals surface area contributed by atoms with Gasteiger partial charge in [0, 0.05) is 30.2 Å². The van der Waals surface area contributed by atoms with Crippen molar-refractivity contribution in [3.8, 4) is 11.5 Å². The summed E-state index contributed by atoms with van der Waals surface area (Å²) in [6.45, 7) is 1.93. The number of nitrogens with one attached hydrogen (secondary N) is 2. The first kappa shape index (κ1) is 21.8. The van der Waals surface area contributed by atoms with Gasteiger partial charge in [-0.1, -0.05) is 18.2 Å². The maximum Gasteiger partial charge on any atom is 0.305 e. The average Bonchev–Trinajstić information content (AvgIpc) is 2.84. The number of nitrogens with zero attached hydrogens (tertiary/aromatic N) is 5. The van der Waals surface area contributed by atoms with E-state index in [4.69, 9.17) is 0 Å². The number of pyridine rings is 1. The van der Waals surface area contributed by atoms with E-state index in [2.05, 4.69) is 40.3 Å². The zero-order chi connectivity index (χ0) is 23.0. The lowest BCUT2D eigenvalue weighted by molar-refractivity contribution is -0.140. The van der Waals surface area contributed by atoms with E-state index in [1.165, 1.54) is 7.11 Å². The predicted octanol–water partition coefficient (Wildman–Crippen LogP) is 4.23. The van der Waals surface area contributed by atoms with E-state index in [0.29, 0.717) is 41.9 Å². The van der Waals surface area contributed by atoms with Gasteiger partial charge in [-0.25, -0.2) is 19.9 Å². The molecule has 3 aromatic heterocycles. The minimum atomic E-state index is -0.221. The SMILES string of the molecule is COC(=O)CCc1ccc(Nc2nccc(Nc3ccnc(-c4cccc(C)n4)n3)n2)cc1. The molecule has 0 aliphatic rings. The van der Waals surface area contributed by atoms with Crippen LogP contribution in [0.3, 0.4) is 0 Å². The minimum Gasteiger partial charge on any atom is -0.469 e. The summed E-state index contributed by atoms with van der Waals surface area (Å²) in [6, 6.07) is 17.0. The Morgan fingerprint density at radius 3 is 2.39 bits per heavy atom. The van der Waals surface area contributed by atoms with E-state index < -0.39 is 0 Å². The van der Waals surface area contributed by atoms with Crippen molar-refractivity contribution in [1.29, 1.82) is 0 Å². The van der Waals surface area contributed by atoms with Crippen molar-refractivity contribution in [3.05, 3.63) is 78.2 Å². The van der Waals surface area contributed by atoms with Gasteiger partial charge >= 0.3 is 5.97 Å². The van der Waals surface area contributed by atoms with Gasteiger partial charge in [-0.2, -0.15) is 4.98 Å². The fraction of sp³-hybridized carbons (Fsp3) is 0.167. The van der Waals surface area contributed by atoms with E-state index in [1.54, 1.807) is 24.5 Å². The summed E-state index contributed by atoms with van der Waals surface area (Å²) < 4.78 is 4.68. The second-order valence-corrected chi connectivity index (χ2v) is 7.22. The molecule has 4 rings (SSSR count). The number of rotatable bonds is 8. The summed E-state index contributed by atoms with van der Waals surface area (Å²) >= 11 is 0. The molecule has 2 N–H and O–H groups in total. The van der Waals surface area contributed by atoms with Crippen LogP contribution in [0.2, 0.25) is 0 Å². The number of methoxy groups -OCH3 is 1. The standard InChI is InChI=1S/C24H23N7O2/c1-16-4-3-5-19(27-16)23-25-14-12-20(30-23)29-21-13-15-26-24(31-21)28-18-9-6-17(7-10-18)8-11-22(32)33-2/h3-7,9-10,12-15H,8,11H2,1-2H3,(H2,25,26,28,29,30,31). The van der Waals surface area contributed by atoms with E-state index in [-0.39, 0.29) is 5.97 Å². The Morgan fingerprint density at radius 1 is 0.879 bits per heavy atom. The van der Waals surface area contributed by atoms with Crippen LogP contribution in [0.4, 0.5) is 23.3 Å². The molecule has 166 valence electrons. The predicted molar refractivity (Wildman–Crippen MR) is 125 cm³/mol. The van der Waals surface area contributed by atoms with Gasteiger partial charge < -0.3 is 15.4 Å². The van der Waals surface area contributed by atoms with Crippen LogP contribution in [0.25, 0.3) is 11.5 Å². The largest absolute Gasteiger partial charge is 0.469 e. The first-order valence-corrected chi connectivity index (χ1v) is 10.4. The lowest BCUT2D eigenvalue weighted by atomic mass is 10.1.